The molecule has 0 unspecified atom stereocenters. The third-order valence-electron chi connectivity index (χ3n) is 3.27. The second-order valence-corrected chi connectivity index (χ2v) is 9.82. The minimum Gasteiger partial charge on any atom is -0.0748 e. The molecule has 0 aliphatic rings. The van der Waals surface area contributed by atoms with E-state index < -0.39 is 0 Å². The van der Waals surface area contributed by atoms with Crippen LogP contribution in [-0.4, -0.2) is 12.3 Å². The maximum atomic E-state index is 2.39. The Balaban J connectivity index is 2.90. The summed E-state index contributed by atoms with van der Waals surface area (Å²) in [5.41, 5.74) is 1.71. The number of hydrogen-bond acceptors (Lipinski definition) is 0. The maximum Gasteiger partial charge on any atom is -0.0132 e. The summed E-state index contributed by atoms with van der Waals surface area (Å²) in [4.78, 5) is 0. The van der Waals surface area contributed by atoms with Gasteiger partial charge in [0.15, 0.2) is 0 Å². The van der Waals surface area contributed by atoms with Crippen LogP contribution in [0.15, 0.2) is 24.3 Å². The number of rotatable bonds is 5. The van der Waals surface area contributed by atoms with Crippen LogP contribution in [0.2, 0.25) is 0 Å². The van der Waals surface area contributed by atoms with Gasteiger partial charge < -0.3 is 0 Å². The third kappa shape index (κ3) is 5.65. The molecule has 0 spiro atoms. The molecule has 0 aliphatic heterocycles. The first-order chi connectivity index (χ1) is 8.70. The average molecular weight is 278 g/mol. The van der Waals surface area contributed by atoms with Gasteiger partial charge in [0.1, 0.15) is 0 Å². The molecule has 0 amide bonds. The van der Waals surface area contributed by atoms with Gasteiger partial charge in [0.25, 0.3) is 0 Å². The van der Waals surface area contributed by atoms with E-state index in [-0.39, 0.29) is 13.3 Å². The molecule has 0 radical (unpaired) electrons. The van der Waals surface area contributed by atoms with E-state index in [9.17, 15) is 0 Å². The summed E-state index contributed by atoms with van der Waals surface area (Å²) in [5.74, 6) is 1.60. The topological polar surface area (TPSA) is 0 Å². The van der Waals surface area contributed by atoms with Crippen molar-refractivity contribution in [3.63, 3.8) is 0 Å². The number of hydrogen-bond donors (Lipinski definition) is 0. The molecule has 1 aromatic rings. The van der Waals surface area contributed by atoms with Gasteiger partial charge >= 0.3 is 0 Å². The highest BCUT2D eigenvalue weighted by molar-refractivity contribution is 7.65. The highest BCUT2D eigenvalue weighted by Gasteiger charge is 2.17. The normalized spacial score (nSPS) is 12.7. The van der Waals surface area contributed by atoms with E-state index in [1.807, 2.05) is 0 Å². The molecule has 19 heavy (non-hydrogen) atoms. The van der Waals surface area contributed by atoms with E-state index in [0.717, 1.165) is 11.8 Å². The van der Waals surface area contributed by atoms with Crippen LogP contribution in [0, 0.1) is 11.8 Å². The lowest BCUT2D eigenvalue weighted by Crippen LogP contribution is -2.15. The van der Waals surface area contributed by atoms with Gasteiger partial charge in [-0.25, -0.2) is 0 Å². The highest BCUT2D eigenvalue weighted by Crippen LogP contribution is 2.39. The van der Waals surface area contributed by atoms with Gasteiger partial charge in [-0.3, -0.25) is 0 Å². The summed E-state index contributed by atoms with van der Waals surface area (Å²) in [5, 5.41) is 1.59. The maximum absolute atomic E-state index is 2.39. The third-order valence-corrected chi connectivity index (χ3v) is 6.64. The predicted octanol–water partition coefficient (Wildman–Crippen LogP) is 5.40. The summed E-state index contributed by atoms with van der Waals surface area (Å²) in [7, 11) is 0.0171. The molecule has 0 bridgehead atoms. The van der Waals surface area contributed by atoms with Crippen LogP contribution in [-0.2, 0) is 5.41 Å². The zero-order valence-electron chi connectivity index (χ0n) is 13.8. The lowest BCUT2D eigenvalue weighted by atomic mass is 9.87. The minimum absolute atomic E-state index is 0.0171. The van der Waals surface area contributed by atoms with E-state index in [4.69, 9.17) is 0 Å². The Morgan fingerprint density at radius 3 is 1.58 bits per heavy atom. The van der Waals surface area contributed by atoms with Gasteiger partial charge in [0.2, 0.25) is 0 Å². The SMILES string of the molecule is CC(C)CP(CC(C)C)c1ccc(C(C)(C)C)cc1. The molecule has 0 nitrogen and oxygen atoms in total. The first-order valence-electron chi connectivity index (χ1n) is 7.55. The molecular formula is C18H31P. The van der Waals surface area contributed by atoms with Crippen molar-refractivity contribution in [3.8, 4) is 0 Å². The molecule has 0 saturated heterocycles. The Labute approximate surface area is 121 Å². The molecule has 0 heterocycles. The van der Waals surface area contributed by atoms with Gasteiger partial charge in [0.05, 0.1) is 0 Å². The Bertz CT molecular complexity index is 358. The first kappa shape index (κ1) is 16.7. The molecule has 1 aromatic carbocycles. The van der Waals surface area contributed by atoms with Crippen molar-refractivity contribution in [2.75, 3.05) is 12.3 Å². The van der Waals surface area contributed by atoms with Crippen LogP contribution in [0.3, 0.4) is 0 Å². The second kappa shape index (κ2) is 6.89. The standard InChI is InChI=1S/C18H31P/c1-14(2)12-19(13-15(3)4)17-10-8-16(9-11-17)18(5,6)7/h8-11,14-15H,12-13H2,1-7H3. The highest BCUT2D eigenvalue weighted by atomic mass is 31.1. The Morgan fingerprint density at radius 1 is 0.842 bits per heavy atom. The van der Waals surface area contributed by atoms with Crippen LogP contribution < -0.4 is 5.30 Å². The molecule has 0 aliphatic carbocycles. The van der Waals surface area contributed by atoms with Crippen molar-refractivity contribution in [3.05, 3.63) is 29.8 Å². The van der Waals surface area contributed by atoms with Crippen LogP contribution in [0.5, 0.6) is 0 Å². The molecular weight excluding hydrogens is 247 g/mol. The van der Waals surface area contributed by atoms with Crippen molar-refractivity contribution >= 4 is 13.2 Å². The smallest absolute Gasteiger partial charge is 0.0132 e. The van der Waals surface area contributed by atoms with E-state index in [2.05, 4.69) is 72.7 Å². The molecule has 0 aromatic heterocycles. The van der Waals surface area contributed by atoms with E-state index in [1.165, 1.54) is 17.9 Å². The largest absolute Gasteiger partial charge is 0.0748 e. The fourth-order valence-electron chi connectivity index (χ4n) is 2.34. The van der Waals surface area contributed by atoms with E-state index in [1.54, 1.807) is 5.30 Å². The summed E-state index contributed by atoms with van der Waals surface area (Å²) < 4.78 is 0. The van der Waals surface area contributed by atoms with Crippen LogP contribution in [0.25, 0.3) is 0 Å². The van der Waals surface area contributed by atoms with Crippen molar-refractivity contribution in [1.29, 1.82) is 0 Å². The summed E-state index contributed by atoms with van der Waals surface area (Å²) >= 11 is 0. The lowest BCUT2D eigenvalue weighted by Gasteiger charge is -2.24. The summed E-state index contributed by atoms with van der Waals surface area (Å²) in [6.45, 7) is 16.2. The quantitative estimate of drug-likeness (QED) is 0.632. The minimum atomic E-state index is 0.0171. The second-order valence-electron chi connectivity index (χ2n) is 7.49. The van der Waals surface area contributed by atoms with Gasteiger partial charge in [-0.2, -0.15) is 0 Å². The van der Waals surface area contributed by atoms with Gasteiger partial charge in [-0.1, -0.05) is 80.7 Å². The monoisotopic (exact) mass is 278 g/mol. The Hall–Kier alpha value is -0.350. The summed E-state index contributed by atoms with van der Waals surface area (Å²) in [6.07, 6.45) is 2.73. The van der Waals surface area contributed by atoms with Crippen molar-refractivity contribution in [1.82, 2.24) is 0 Å². The number of benzene rings is 1. The Morgan fingerprint density at radius 2 is 1.26 bits per heavy atom. The fraction of sp³-hybridized carbons (Fsp3) is 0.667. The van der Waals surface area contributed by atoms with Gasteiger partial charge in [-0.15, -0.1) is 0 Å². The predicted molar refractivity (Wildman–Crippen MR) is 91.1 cm³/mol. The van der Waals surface area contributed by atoms with Crippen LogP contribution in [0.4, 0.5) is 0 Å². The first-order valence-corrected chi connectivity index (χ1v) is 9.27. The van der Waals surface area contributed by atoms with Crippen molar-refractivity contribution in [2.24, 2.45) is 11.8 Å². The molecule has 1 heteroatoms. The molecule has 108 valence electrons. The Kier molecular flexibility index (Phi) is 6.06. The zero-order valence-corrected chi connectivity index (χ0v) is 14.7. The molecule has 1 rings (SSSR count). The van der Waals surface area contributed by atoms with E-state index >= 15 is 0 Å². The van der Waals surface area contributed by atoms with Gasteiger partial charge in [-0.05, 0) is 40.4 Å². The lowest BCUT2D eigenvalue weighted by molar-refractivity contribution is 0.590. The molecule has 0 atom stereocenters. The van der Waals surface area contributed by atoms with Crippen LogP contribution in [0.1, 0.15) is 54.0 Å². The van der Waals surface area contributed by atoms with Crippen molar-refractivity contribution < 1.29 is 0 Å². The van der Waals surface area contributed by atoms with Crippen molar-refractivity contribution in [2.45, 2.75) is 53.9 Å². The molecule has 0 fully saturated rings. The fourth-order valence-corrected chi connectivity index (χ4v) is 5.24. The van der Waals surface area contributed by atoms with Gasteiger partial charge in [0, 0.05) is 0 Å². The zero-order chi connectivity index (χ0) is 14.6. The van der Waals surface area contributed by atoms with E-state index in [0.29, 0.717) is 0 Å². The summed E-state index contributed by atoms with van der Waals surface area (Å²) in [6, 6.07) is 9.45. The molecule has 0 saturated carbocycles. The molecule has 0 N–H and O–H groups in total. The van der Waals surface area contributed by atoms with Crippen LogP contribution >= 0.6 is 7.92 Å². The average Bonchev–Trinajstić information content (AvgIpc) is 2.26.